The Labute approximate surface area is 172 Å². The van der Waals surface area contributed by atoms with Crippen LogP contribution in [0.15, 0.2) is 33.9 Å². The van der Waals surface area contributed by atoms with E-state index in [-0.39, 0.29) is 11.6 Å². The SMILES string of the molecule is CSc1nc(N2CCCC2)c2cc(C(=O)Nc3ccc(Br)cc3F)sc2n1. The Morgan fingerprint density at radius 3 is 2.78 bits per heavy atom. The number of benzene rings is 1. The first-order chi connectivity index (χ1) is 13.0. The van der Waals surface area contributed by atoms with Gasteiger partial charge in [-0.25, -0.2) is 14.4 Å². The predicted molar refractivity (Wildman–Crippen MR) is 113 cm³/mol. The molecular formula is C18H16BrFN4OS2. The number of carbonyl (C=O) groups excluding carboxylic acids is 1. The van der Waals surface area contributed by atoms with Crippen molar-refractivity contribution in [2.24, 2.45) is 0 Å². The number of thiophene rings is 1. The van der Waals surface area contributed by atoms with E-state index in [2.05, 4.69) is 36.1 Å². The maximum atomic E-state index is 14.0. The molecular weight excluding hydrogens is 451 g/mol. The maximum Gasteiger partial charge on any atom is 0.265 e. The number of nitrogens with zero attached hydrogens (tertiary/aromatic N) is 3. The summed E-state index contributed by atoms with van der Waals surface area (Å²) in [6.07, 6.45) is 4.22. The number of thioether (sulfide) groups is 1. The van der Waals surface area contributed by atoms with E-state index in [1.54, 1.807) is 6.07 Å². The third-order valence-electron chi connectivity index (χ3n) is 4.34. The van der Waals surface area contributed by atoms with E-state index in [1.807, 2.05) is 12.3 Å². The van der Waals surface area contributed by atoms with Gasteiger partial charge in [0.2, 0.25) is 0 Å². The highest BCUT2D eigenvalue weighted by Gasteiger charge is 2.22. The first kappa shape index (κ1) is 18.6. The number of rotatable bonds is 4. The average molecular weight is 467 g/mol. The van der Waals surface area contributed by atoms with E-state index >= 15 is 0 Å². The first-order valence-corrected chi connectivity index (χ1v) is 11.3. The van der Waals surface area contributed by atoms with Gasteiger partial charge in [0.1, 0.15) is 16.5 Å². The molecule has 0 bridgehead atoms. The molecule has 0 aliphatic carbocycles. The van der Waals surface area contributed by atoms with E-state index in [1.165, 1.54) is 35.2 Å². The smallest absolute Gasteiger partial charge is 0.265 e. The number of aromatic nitrogens is 2. The second-order valence-electron chi connectivity index (χ2n) is 6.14. The first-order valence-electron chi connectivity index (χ1n) is 8.42. The molecule has 2 aromatic heterocycles. The number of fused-ring (bicyclic) bond motifs is 1. The summed E-state index contributed by atoms with van der Waals surface area (Å²) in [6.45, 7) is 1.92. The monoisotopic (exact) mass is 466 g/mol. The zero-order valence-electron chi connectivity index (χ0n) is 14.5. The lowest BCUT2D eigenvalue weighted by atomic mass is 10.3. The van der Waals surface area contributed by atoms with E-state index in [4.69, 9.17) is 0 Å². The van der Waals surface area contributed by atoms with Gasteiger partial charge in [-0.15, -0.1) is 11.3 Å². The lowest BCUT2D eigenvalue weighted by Crippen LogP contribution is -2.19. The van der Waals surface area contributed by atoms with Gasteiger partial charge in [0.05, 0.1) is 16.0 Å². The lowest BCUT2D eigenvalue weighted by molar-refractivity contribution is 0.103. The Morgan fingerprint density at radius 1 is 1.30 bits per heavy atom. The molecule has 3 heterocycles. The molecule has 0 radical (unpaired) electrons. The fraction of sp³-hybridized carbons (Fsp3) is 0.278. The molecule has 1 N–H and O–H groups in total. The molecule has 1 aliphatic rings. The van der Waals surface area contributed by atoms with Crippen molar-refractivity contribution in [3.63, 3.8) is 0 Å². The topological polar surface area (TPSA) is 58.1 Å². The van der Waals surface area contributed by atoms with Crippen molar-refractivity contribution in [2.75, 3.05) is 29.6 Å². The normalized spacial score (nSPS) is 14.1. The molecule has 3 aromatic rings. The van der Waals surface area contributed by atoms with E-state index in [0.29, 0.717) is 14.5 Å². The second-order valence-corrected chi connectivity index (χ2v) is 8.86. The number of nitrogens with one attached hydrogen (secondary N) is 1. The van der Waals surface area contributed by atoms with Crippen LogP contribution in [-0.4, -0.2) is 35.2 Å². The summed E-state index contributed by atoms with van der Waals surface area (Å²) < 4.78 is 14.6. The van der Waals surface area contributed by atoms with Crippen LogP contribution in [0.2, 0.25) is 0 Å². The van der Waals surface area contributed by atoms with Crippen molar-refractivity contribution in [3.05, 3.63) is 39.4 Å². The van der Waals surface area contributed by atoms with Crippen molar-refractivity contribution >= 4 is 66.7 Å². The molecule has 1 amide bonds. The number of anilines is 2. The van der Waals surface area contributed by atoms with Gasteiger partial charge in [-0.2, -0.15) is 0 Å². The summed E-state index contributed by atoms with van der Waals surface area (Å²) in [7, 11) is 0. The minimum atomic E-state index is -0.485. The van der Waals surface area contributed by atoms with Crippen LogP contribution in [0.3, 0.4) is 0 Å². The highest BCUT2D eigenvalue weighted by molar-refractivity contribution is 9.10. The highest BCUT2D eigenvalue weighted by atomic mass is 79.9. The van der Waals surface area contributed by atoms with Gasteiger partial charge in [0, 0.05) is 17.6 Å². The molecule has 5 nitrogen and oxygen atoms in total. The third kappa shape index (κ3) is 3.81. The van der Waals surface area contributed by atoms with Gasteiger partial charge in [0.25, 0.3) is 5.91 Å². The largest absolute Gasteiger partial charge is 0.356 e. The van der Waals surface area contributed by atoms with E-state index in [9.17, 15) is 9.18 Å². The van der Waals surface area contributed by atoms with Gasteiger partial charge in [0.15, 0.2) is 5.16 Å². The van der Waals surface area contributed by atoms with Crippen LogP contribution in [-0.2, 0) is 0 Å². The number of amides is 1. The van der Waals surface area contributed by atoms with Crippen LogP contribution >= 0.6 is 39.0 Å². The third-order valence-corrected chi connectivity index (χ3v) is 6.41. The van der Waals surface area contributed by atoms with Crippen LogP contribution < -0.4 is 10.2 Å². The molecule has 0 unspecified atom stereocenters. The molecule has 0 saturated carbocycles. The Balaban J connectivity index is 1.69. The Kier molecular flexibility index (Phi) is 5.34. The number of carbonyl (C=O) groups is 1. The van der Waals surface area contributed by atoms with E-state index < -0.39 is 5.82 Å². The minimum Gasteiger partial charge on any atom is -0.356 e. The standard InChI is InChI=1S/C18H16BrFN4OS2/c1-26-18-22-15(24-6-2-3-7-24)11-9-14(27-17(11)23-18)16(25)21-13-5-4-10(19)8-12(13)20/h4-5,8-9H,2-3,6-7H2,1H3,(H,21,25). The quantitative estimate of drug-likeness (QED) is 0.424. The van der Waals surface area contributed by atoms with Gasteiger partial charge in [-0.1, -0.05) is 27.7 Å². The minimum absolute atomic E-state index is 0.149. The molecule has 1 saturated heterocycles. The summed E-state index contributed by atoms with van der Waals surface area (Å²) >= 11 is 6.00. The highest BCUT2D eigenvalue weighted by Crippen LogP contribution is 2.34. The number of hydrogen-bond donors (Lipinski definition) is 1. The zero-order valence-corrected chi connectivity index (χ0v) is 17.7. The molecule has 1 aromatic carbocycles. The van der Waals surface area contributed by atoms with Crippen LogP contribution in [0.25, 0.3) is 10.2 Å². The average Bonchev–Trinajstić information content (AvgIpc) is 3.32. The predicted octanol–water partition coefficient (Wildman–Crippen LogP) is 5.17. The van der Waals surface area contributed by atoms with Crippen molar-refractivity contribution in [3.8, 4) is 0 Å². The molecule has 4 rings (SSSR count). The Morgan fingerprint density at radius 2 is 2.07 bits per heavy atom. The van der Waals surface area contributed by atoms with Crippen molar-refractivity contribution < 1.29 is 9.18 Å². The molecule has 9 heteroatoms. The van der Waals surface area contributed by atoms with Crippen LogP contribution in [0.5, 0.6) is 0 Å². The number of halogens is 2. The summed E-state index contributed by atoms with van der Waals surface area (Å²) in [4.78, 5) is 25.4. The van der Waals surface area contributed by atoms with Crippen LogP contribution in [0.1, 0.15) is 22.5 Å². The zero-order chi connectivity index (χ0) is 19.0. The molecule has 27 heavy (non-hydrogen) atoms. The summed E-state index contributed by atoms with van der Waals surface area (Å²) in [5.41, 5.74) is 0.149. The fourth-order valence-corrected chi connectivity index (χ4v) is 4.71. The maximum absolute atomic E-state index is 14.0. The number of hydrogen-bond acceptors (Lipinski definition) is 6. The van der Waals surface area contributed by atoms with Gasteiger partial charge >= 0.3 is 0 Å². The molecule has 0 spiro atoms. The summed E-state index contributed by atoms with van der Waals surface area (Å²) in [5, 5.41) is 4.21. The molecule has 0 atom stereocenters. The van der Waals surface area contributed by atoms with Gasteiger partial charge < -0.3 is 10.2 Å². The lowest BCUT2D eigenvalue weighted by Gasteiger charge is -2.17. The summed E-state index contributed by atoms with van der Waals surface area (Å²) in [5.74, 6) is 0.0466. The second kappa shape index (κ2) is 7.73. The van der Waals surface area contributed by atoms with Crippen molar-refractivity contribution in [2.45, 2.75) is 18.0 Å². The molecule has 140 valence electrons. The molecule has 1 aliphatic heterocycles. The van der Waals surface area contributed by atoms with Crippen molar-refractivity contribution in [1.29, 1.82) is 0 Å². The molecule has 1 fully saturated rings. The fourth-order valence-electron chi connectivity index (χ4n) is 3.04. The van der Waals surface area contributed by atoms with Gasteiger partial charge in [-0.3, -0.25) is 4.79 Å². The Hall–Kier alpha value is -1.71. The van der Waals surface area contributed by atoms with Crippen molar-refractivity contribution in [1.82, 2.24) is 9.97 Å². The van der Waals surface area contributed by atoms with Gasteiger partial charge in [-0.05, 0) is 43.4 Å². The van der Waals surface area contributed by atoms with Crippen LogP contribution in [0, 0.1) is 5.82 Å². The Bertz CT molecular complexity index is 1020. The van der Waals surface area contributed by atoms with E-state index in [0.717, 1.165) is 42.0 Å². The van der Waals surface area contributed by atoms with Crippen LogP contribution in [0.4, 0.5) is 15.9 Å². The summed E-state index contributed by atoms with van der Waals surface area (Å²) in [6, 6.07) is 6.35.